The maximum Gasteiger partial charge on any atom is 0.151 e. The summed E-state index contributed by atoms with van der Waals surface area (Å²) in [6, 6.07) is 4.45. The van der Waals surface area contributed by atoms with Crippen molar-refractivity contribution in [2.45, 2.75) is 6.54 Å². The molecule has 0 radical (unpaired) electrons. The Bertz CT molecular complexity index is 552. The third-order valence-electron chi connectivity index (χ3n) is 3.03. The van der Waals surface area contributed by atoms with Gasteiger partial charge in [0.2, 0.25) is 0 Å². The molecule has 100 valence electrons. The highest BCUT2D eigenvalue weighted by molar-refractivity contribution is 5.53. The van der Waals surface area contributed by atoms with Crippen molar-refractivity contribution in [3.63, 3.8) is 0 Å². The first kappa shape index (κ1) is 12.3. The van der Waals surface area contributed by atoms with Crippen LogP contribution in [0.15, 0.2) is 28.9 Å². The molecule has 0 N–H and O–H groups in total. The van der Waals surface area contributed by atoms with Crippen molar-refractivity contribution in [1.82, 2.24) is 15.0 Å². The van der Waals surface area contributed by atoms with Gasteiger partial charge >= 0.3 is 0 Å². The van der Waals surface area contributed by atoms with Crippen LogP contribution in [0, 0.1) is 5.82 Å². The minimum absolute atomic E-state index is 0.331. The normalized spacial score (nSPS) is 16.7. The number of aromatic nitrogens is 2. The van der Waals surface area contributed by atoms with Crippen LogP contribution in [-0.4, -0.2) is 41.3 Å². The molecule has 6 heteroatoms. The molecular weight excluding hydrogens is 249 g/mol. The molecule has 0 aromatic carbocycles. The van der Waals surface area contributed by atoms with Crippen molar-refractivity contribution >= 4 is 0 Å². The van der Waals surface area contributed by atoms with Gasteiger partial charge < -0.3 is 9.26 Å². The zero-order valence-corrected chi connectivity index (χ0v) is 10.4. The molecule has 0 atom stereocenters. The summed E-state index contributed by atoms with van der Waals surface area (Å²) in [6.07, 6.45) is 1.42. The standard InChI is InChI=1S/C13H14FN3O2/c14-10-1-2-15-12(7-10)13-8-11(19-16-13)9-17-3-5-18-6-4-17/h1-2,7-8H,3-6,9H2. The Hall–Kier alpha value is -1.79. The largest absolute Gasteiger partial charge is 0.379 e. The van der Waals surface area contributed by atoms with Gasteiger partial charge in [-0.05, 0) is 6.07 Å². The molecule has 3 heterocycles. The second kappa shape index (κ2) is 5.46. The molecule has 3 rings (SSSR count). The molecule has 1 aliphatic rings. The number of hydrogen-bond donors (Lipinski definition) is 0. The highest BCUT2D eigenvalue weighted by Gasteiger charge is 2.14. The molecule has 2 aromatic heterocycles. The Labute approximate surface area is 110 Å². The summed E-state index contributed by atoms with van der Waals surface area (Å²) in [4.78, 5) is 6.30. The molecule has 0 aliphatic carbocycles. The lowest BCUT2D eigenvalue weighted by molar-refractivity contribution is 0.0305. The highest BCUT2D eigenvalue weighted by Crippen LogP contribution is 2.18. The summed E-state index contributed by atoms with van der Waals surface area (Å²) >= 11 is 0. The van der Waals surface area contributed by atoms with Crippen molar-refractivity contribution in [1.29, 1.82) is 0 Å². The van der Waals surface area contributed by atoms with Crippen LogP contribution in [0.2, 0.25) is 0 Å². The molecule has 5 nitrogen and oxygen atoms in total. The minimum Gasteiger partial charge on any atom is -0.379 e. The molecule has 2 aromatic rings. The summed E-state index contributed by atoms with van der Waals surface area (Å²) < 4.78 is 23.7. The molecule has 1 aliphatic heterocycles. The van der Waals surface area contributed by atoms with Gasteiger partial charge in [0.05, 0.1) is 25.5 Å². The van der Waals surface area contributed by atoms with Gasteiger partial charge in [0.15, 0.2) is 5.76 Å². The predicted molar refractivity (Wildman–Crippen MR) is 65.8 cm³/mol. The van der Waals surface area contributed by atoms with E-state index in [1.807, 2.05) is 0 Å². The fraction of sp³-hybridized carbons (Fsp3) is 0.385. The molecule has 0 amide bonds. The van der Waals surface area contributed by atoms with Crippen molar-refractivity contribution in [2.75, 3.05) is 26.3 Å². The van der Waals surface area contributed by atoms with E-state index in [1.54, 1.807) is 6.07 Å². The number of nitrogens with zero attached hydrogens (tertiary/aromatic N) is 3. The smallest absolute Gasteiger partial charge is 0.151 e. The van der Waals surface area contributed by atoms with Gasteiger partial charge in [-0.1, -0.05) is 5.16 Å². The van der Waals surface area contributed by atoms with Crippen molar-refractivity contribution in [2.24, 2.45) is 0 Å². The van der Waals surface area contributed by atoms with E-state index in [2.05, 4.69) is 15.0 Å². The van der Waals surface area contributed by atoms with E-state index in [9.17, 15) is 4.39 Å². The lowest BCUT2D eigenvalue weighted by atomic mass is 10.2. The maximum absolute atomic E-state index is 13.1. The third-order valence-corrected chi connectivity index (χ3v) is 3.03. The quantitative estimate of drug-likeness (QED) is 0.843. The van der Waals surface area contributed by atoms with Crippen LogP contribution in [0.5, 0.6) is 0 Å². The average Bonchev–Trinajstić information content (AvgIpc) is 2.88. The van der Waals surface area contributed by atoms with E-state index in [-0.39, 0.29) is 5.82 Å². The summed E-state index contributed by atoms with van der Waals surface area (Å²) in [7, 11) is 0. The van der Waals surface area contributed by atoms with Gasteiger partial charge in [-0.15, -0.1) is 0 Å². The molecule has 0 unspecified atom stereocenters. The van der Waals surface area contributed by atoms with Crippen LogP contribution < -0.4 is 0 Å². The number of halogens is 1. The van der Waals surface area contributed by atoms with E-state index < -0.39 is 0 Å². The van der Waals surface area contributed by atoms with Gasteiger partial charge in [-0.25, -0.2) is 4.39 Å². The summed E-state index contributed by atoms with van der Waals surface area (Å²) in [6.45, 7) is 3.94. The van der Waals surface area contributed by atoms with Crippen LogP contribution in [0.3, 0.4) is 0 Å². The summed E-state index contributed by atoms with van der Waals surface area (Å²) in [5, 5.41) is 3.93. The first-order valence-electron chi connectivity index (χ1n) is 6.19. The highest BCUT2D eigenvalue weighted by atomic mass is 19.1. The van der Waals surface area contributed by atoms with Crippen molar-refractivity contribution in [3.8, 4) is 11.4 Å². The molecule has 1 saturated heterocycles. The van der Waals surface area contributed by atoms with E-state index in [4.69, 9.17) is 9.26 Å². The van der Waals surface area contributed by atoms with Crippen LogP contribution in [0.25, 0.3) is 11.4 Å². The zero-order valence-electron chi connectivity index (χ0n) is 10.4. The first-order chi connectivity index (χ1) is 9.31. The topological polar surface area (TPSA) is 51.4 Å². The summed E-state index contributed by atoms with van der Waals surface area (Å²) in [5.41, 5.74) is 1.04. The Morgan fingerprint density at radius 3 is 2.84 bits per heavy atom. The lowest BCUT2D eigenvalue weighted by Gasteiger charge is -2.25. The van der Waals surface area contributed by atoms with Crippen LogP contribution in [0.4, 0.5) is 4.39 Å². The van der Waals surface area contributed by atoms with Gasteiger partial charge in [-0.3, -0.25) is 9.88 Å². The third kappa shape index (κ3) is 2.97. The fourth-order valence-corrected chi connectivity index (χ4v) is 2.03. The Morgan fingerprint density at radius 2 is 2.05 bits per heavy atom. The fourth-order valence-electron chi connectivity index (χ4n) is 2.03. The van der Waals surface area contributed by atoms with Crippen LogP contribution >= 0.6 is 0 Å². The summed E-state index contributed by atoms with van der Waals surface area (Å²) in [5.74, 6) is 0.422. The van der Waals surface area contributed by atoms with E-state index in [0.29, 0.717) is 17.9 Å². The second-order valence-corrected chi connectivity index (χ2v) is 4.43. The molecule has 1 fully saturated rings. The number of hydrogen-bond acceptors (Lipinski definition) is 5. The molecule has 0 saturated carbocycles. The van der Waals surface area contributed by atoms with Crippen molar-refractivity contribution in [3.05, 3.63) is 36.0 Å². The van der Waals surface area contributed by atoms with E-state index >= 15 is 0 Å². The number of pyridine rings is 1. The molecule has 0 bridgehead atoms. The zero-order chi connectivity index (χ0) is 13.1. The molecule has 19 heavy (non-hydrogen) atoms. The number of rotatable bonds is 3. The average molecular weight is 263 g/mol. The Morgan fingerprint density at radius 1 is 1.21 bits per heavy atom. The minimum atomic E-state index is -0.331. The van der Waals surface area contributed by atoms with Gasteiger partial charge in [0.25, 0.3) is 0 Å². The predicted octanol–water partition coefficient (Wildman–Crippen LogP) is 1.71. The lowest BCUT2D eigenvalue weighted by Crippen LogP contribution is -2.35. The Kier molecular flexibility index (Phi) is 3.52. The van der Waals surface area contributed by atoms with Crippen LogP contribution in [0.1, 0.15) is 5.76 Å². The van der Waals surface area contributed by atoms with Crippen molar-refractivity contribution < 1.29 is 13.7 Å². The van der Waals surface area contributed by atoms with Crippen LogP contribution in [-0.2, 0) is 11.3 Å². The number of morpholine rings is 1. The van der Waals surface area contributed by atoms with E-state index in [1.165, 1.54) is 18.3 Å². The molecule has 0 spiro atoms. The molecular formula is C13H14FN3O2. The van der Waals surface area contributed by atoms with Gasteiger partial charge in [0, 0.05) is 31.4 Å². The first-order valence-corrected chi connectivity index (χ1v) is 6.19. The SMILES string of the molecule is Fc1ccnc(-c2cc(CN3CCOCC3)on2)c1. The number of ether oxygens (including phenoxy) is 1. The Balaban J connectivity index is 1.72. The monoisotopic (exact) mass is 263 g/mol. The maximum atomic E-state index is 13.1. The van der Waals surface area contributed by atoms with E-state index in [0.717, 1.165) is 32.1 Å². The van der Waals surface area contributed by atoms with Gasteiger partial charge in [0.1, 0.15) is 11.5 Å². The van der Waals surface area contributed by atoms with Gasteiger partial charge in [-0.2, -0.15) is 0 Å². The second-order valence-electron chi connectivity index (χ2n) is 4.43.